The maximum atomic E-state index is 12.1. The van der Waals surface area contributed by atoms with Gasteiger partial charge in [-0.15, -0.1) is 0 Å². The van der Waals surface area contributed by atoms with Crippen molar-refractivity contribution in [1.82, 2.24) is 4.90 Å². The van der Waals surface area contributed by atoms with E-state index in [1.165, 1.54) is 6.08 Å². The van der Waals surface area contributed by atoms with E-state index < -0.39 is 5.97 Å². The number of nitrogens with zero attached hydrogens (tertiary/aromatic N) is 1. The third-order valence-electron chi connectivity index (χ3n) is 4.80. The average Bonchev–Trinajstić information content (AvgIpc) is 2.91. The van der Waals surface area contributed by atoms with Crippen molar-refractivity contribution in [3.05, 3.63) is 76.0 Å². The van der Waals surface area contributed by atoms with E-state index in [2.05, 4.69) is 11.9 Å². The number of esters is 1. The zero-order valence-corrected chi connectivity index (χ0v) is 15.8. The number of rotatable bonds is 4. The molecule has 1 aromatic heterocycles. The molecule has 0 radical (unpaired) electrons. The van der Waals surface area contributed by atoms with Crippen molar-refractivity contribution in [3.63, 3.8) is 0 Å². The van der Waals surface area contributed by atoms with Gasteiger partial charge in [0.15, 0.2) is 0 Å². The molecule has 0 saturated heterocycles. The van der Waals surface area contributed by atoms with Gasteiger partial charge < -0.3 is 14.1 Å². The first-order valence-electron chi connectivity index (χ1n) is 8.92. The van der Waals surface area contributed by atoms with Gasteiger partial charge in [0, 0.05) is 35.1 Å². The van der Waals surface area contributed by atoms with Crippen LogP contribution in [0.15, 0.2) is 53.0 Å². The Kier molecular flexibility index (Phi) is 5.01. The molecule has 138 valence electrons. The third kappa shape index (κ3) is 3.77. The van der Waals surface area contributed by atoms with Crippen LogP contribution in [0.25, 0.3) is 17.0 Å². The second-order valence-corrected chi connectivity index (χ2v) is 7.17. The lowest BCUT2D eigenvalue weighted by molar-refractivity contribution is -0.138. The van der Waals surface area contributed by atoms with Crippen LogP contribution >= 0.6 is 11.6 Å². The zero-order chi connectivity index (χ0) is 18.8. The van der Waals surface area contributed by atoms with Gasteiger partial charge in [0.05, 0.1) is 0 Å². The normalized spacial score (nSPS) is 14.6. The predicted molar refractivity (Wildman–Crippen MR) is 107 cm³/mol. The number of benzene rings is 2. The number of hydrogen-bond donors (Lipinski definition) is 0. The minimum atomic E-state index is -0.397. The summed E-state index contributed by atoms with van der Waals surface area (Å²) in [6.07, 6.45) is 3.99. The molecule has 1 aliphatic rings. The van der Waals surface area contributed by atoms with Crippen LogP contribution in [0, 0.1) is 0 Å². The molecule has 4 nitrogen and oxygen atoms in total. The lowest BCUT2D eigenvalue weighted by Gasteiger charge is -2.12. The van der Waals surface area contributed by atoms with Gasteiger partial charge >= 0.3 is 5.97 Å². The van der Waals surface area contributed by atoms with Crippen molar-refractivity contribution in [2.24, 2.45) is 0 Å². The molecule has 0 bridgehead atoms. The Bertz CT molecular complexity index is 1010. The summed E-state index contributed by atoms with van der Waals surface area (Å²) in [5, 5.41) is 1.84. The van der Waals surface area contributed by atoms with E-state index in [4.69, 9.17) is 20.8 Å². The van der Waals surface area contributed by atoms with E-state index in [0.29, 0.717) is 5.76 Å². The Labute approximate surface area is 163 Å². The maximum absolute atomic E-state index is 12.1. The standard InChI is InChI=1S/C22H20ClNO3/c1-24-12-11-16-18(23)7-8-20-22(16)17(13-24)19(27-20)9-10-21(25)26-14-15-5-3-2-4-6-15/h2-10H,11-14H2,1H3/b10-9+. The molecule has 0 unspecified atom stereocenters. The minimum Gasteiger partial charge on any atom is -0.458 e. The molecule has 5 heteroatoms. The van der Waals surface area contributed by atoms with E-state index in [9.17, 15) is 4.79 Å². The topological polar surface area (TPSA) is 42.7 Å². The highest BCUT2D eigenvalue weighted by molar-refractivity contribution is 6.32. The fourth-order valence-corrected chi connectivity index (χ4v) is 3.68. The highest BCUT2D eigenvalue weighted by atomic mass is 35.5. The van der Waals surface area contributed by atoms with E-state index in [1.54, 1.807) is 6.08 Å². The van der Waals surface area contributed by atoms with Crippen LogP contribution in [0.2, 0.25) is 5.02 Å². The number of carbonyl (C=O) groups is 1. The Morgan fingerprint density at radius 1 is 1.22 bits per heavy atom. The van der Waals surface area contributed by atoms with Gasteiger partial charge in [-0.25, -0.2) is 4.79 Å². The summed E-state index contributed by atoms with van der Waals surface area (Å²) in [5.41, 5.74) is 3.94. The second-order valence-electron chi connectivity index (χ2n) is 6.76. The number of ether oxygens (including phenoxy) is 1. The molecule has 0 amide bonds. The Morgan fingerprint density at radius 2 is 2.04 bits per heavy atom. The first kappa shape index (κ1) is 17.8. The summed E-state index contributed by atoms with van der Waals surface area (Å²) >= 11 is 6.41. The van der Waals surface area contributed by atoms with Crippen molar-refractivity contribution in [3.8, 4) is 0 Å². The van der Waals surface area contributed by atoms with Crippen molar-refractivity contribution < 1.29 is 13.9 Å². The third-order valence-corrected chi connectivity index (χ3v) is 5.16. The Hall–Kier alpha value is -2.56. The monoisotopic (exact) mass is 381 g/mol. The summed E-state index contributed by atoms with van der Waals surface area (Å²) in [5.74, 6) is 0.283. The van der Waals surface area contributed by atoms with Gasteiger partial charge in [-0.1, -0.05) is 41.9 Å². The number of halogens is 1. The van der Waals surface area contributed by atoms with Crippen LogP contribution in [-0.4, -0.2) is 24.5 Å². The van der Waals surface area contributed by atoms with Crippen LogP contribution in [0.1, 0.15) is 22.5 Å². The number of likely N-dealkylation sites (N-methyl/N-ethyl adjacent to an activating group) is 1. The molecule has 0 saturated carbocycles. The molecule has 3 aromatic rings. The highest BCUT2D eigenvalue weighted by Crippen LogP contribution is 2.36. The van der Waals surface area contributed by atoms with Gasteiger partial charge in [0.1, 0.15) is 18.0 Å². The van der Waals surface area contributed by atoms with Crippen molar-refractivity contribution in [1.29, 1.82) is 0 Å². The molecule has 0 aliphatic carbocycles. The van der Waals surface area contributed by atoms with Gasteiger partial charge in [0.25, 0.3) is 0 Å². The van der Waals surface area contributed by atoms with Crippen LogP contribution in [0.4, 0.5) is 0 Å². The summed E-state index contributed by atoms with van der Waals surface area (Å²) in [4.78, 5) is 14.3. The lowest BCUT2D eigenvalue weighted by atomic mass is 10.0. The molecule has 0 spiro atoms. The number of carbonyl (C=O) groups excluding carboxylic acids is 1. The van der Waals surface area contributed by atoms with Crippen molar-refractivity contribution in [2.45, 2.75) is 19.6 Å². The van der Waals surface area contributed by atoms with Gasteiger partial charge in [-0.05, 0) is 42.8 Å². The number of furan rings is 1. The minimum absolute atomic E-state index is 0.249. The quantitative estimate of drug-likeness (QED) is 0.479. The molecule has 4 rings (SSSR count). The fraction of sp³-hybridized carbons (Fsp3) is 0.227. The van der Waals surface area contributed by atoms with Crippen molar-refractivity contribution in [2.75, 3.05) is 13.6 Å². The Balaban J connectivity index is 1.58. The van der Waals surface area contributed by atoms with Gasteiger partial charge in [-0.3, -0.25) is 0 Å². The molecule has 0 N–H and O–H groups in total. The van der Waals surface area contributed by atoms with E-state index >= 15 is 0 Å². The summed E-state index contributed by atoms with van der Waals surface area (Å²) in [6, 6.07) is 13.4. The van der Waals surface area contributed by atoms with E-state index in [-0.39, 0.29) is 6.61 Å². The van der Waals surface area contributed by atoms with Crippen LogP contribution < -0.4 is 0 Å². The summed E-state index contributed by atoms with van der Waals surface area (Å²) in [7, 11) is 2.07. The average molecular weight is 382 g/mol. The predicted octanol–water partition coefficient (Wildman–Crippen LogP) is 4.83. The maximum Gasteiger partial charge on any atom is 0.331 e. The molecule has 27 heavy (non-hydrogen) atoms. The van der Waals surface area contributed by atoms with Crippen LogP contribution in [0.5, 0.6) is 0 Å². The summed E-state index contributed by atoms with van der Waals surface area (Å²) in [6.45, 7) is 1.92. The highest BCUT2D eigenvalue weighted by Gasteiger charge is 2.22. The molecule has 0 fully saturated rings. The lowest BCUT2D eigenvalue weighted by Crippen LogP contribution is -2.18. The molecule has 2 aromatic carbocycles. The van der Waals surface area contributed by atoms with Gasteiger partial charge in [-0.2, -0.15) is 0 Å². The first-order chi connectivity index (χ1) is 13.1. The largest absolute Gasteiger partial charge is 0.458 e. The Morgan fingerprint density at radius 3 is 2.85 bits per heavy atom. The number of hydrogen-bond acceptors (Lipinski definition) is 4. The molecule has 1 aliphatic heterocycles. The van der Waals surface area contributed by atoms with E-state index in [0.717, 1.165) is 52.2 Å². The van der Waals surface area contributed by atoms with Crippen LogP contribution in [0.3, 0.4) is 0 Å². The molecule has 0 atom stereocenters. The molecular weight excluding hydrogens is 362 g/mol. The van der Waals surface area contributed by atoms with Crippen molar-refractivity contribution >= 4 is 34.6 Å². The zero-order valence-electron chi connectivity index (χ0n) is 15.1. The fourth-order valence-electron chi connectivity index (χ4n) is 3.43. The van der Waals surface area contributed by atoms with Gasteiger partial charge in [0.2, 0.25) is 0 Å². The molecule has 2 heterocycles. The second kappa shape index (κ2) is 7.59. The molecular formula is C22H20ClNO3. The smallest absolute Gasteiger partial charge is 0.331 e. The van der Waals surface area contributed by atoms with Crippen LogP contribution in [-0.2, 0) is 29.1 Å². The van der Waals surface area contributed by atoms with E-state index in [1.807, 2.05) is 42.5 Å². The summed E-state index contributed by atoms with van der Waals surface area (Å²) < 4.78 is 11.3. The first-order valence-corrected chi connectivity index (χ1v) is 9.29. The SMILES string of the molecule is CN1CCc2c(Cl)ccc3oc(/C=C/C(=O)OCc4ccccc4)c(c23)C1.